The van der Waals surface area contributed by atoms with Crippen LogP contribution in [0.25, 0.3) is 10.7 Å². The van der Waals surface area contributed by atoms with Crippen molar-refractivity contribution in [1.29, 1.82) is 0 Å². The van der Waals surface area contributed by atoms with Crippen molar-refractivity contribution in [1.82, 2.24) is 15.3 Å². The molecule has 3 rings (SSSR count). The van der Waals surface area contributed by atoms with Crippen LogP contribution in [-0.2, 0) is 6.42 Å². The van der Waals surface area contributed by atoms with Gasteiger partial charge in [-0.05, 0) is 37.8 Å². The Morgan fingerprint density at radius 3 is 3.11 bits per heavy atom. The standard InChI is InChI=1S/C14H17N3S/c1-15-11-5-2-3-6-12-10(11)9-16-14(17-12)13-7-4-8-18-13/h4,7-9,11,15H,2-3,5-6H2,1H3. The smallest absolute Gasteiger partial charge is 0.169 e. The molecule has 2 aromatic rings. The molecule has 1 aliphatic rings. The molecule has 0 fully saturated rings. The number of nitrogens with zero attached hydrogens (tertiary/aromatic N) is 2. The van der Waals surface area contributed by atoms with Gasteiger partial charge in [0.05, 0.1) is 4.88 Å². The van der Waals surface area contributed by atoms with Crippen molar-refractivity contribution in [3.63, 3.8) is 0 Å². The molecule has 2 heterocycles. The van der Waals surface area contributed by atoms with E-state index in [9.17, 15) is 0 Å². The lowest BCUT2D eigenvalue weighted by atomic mass is 10.1. The summed E-state index contributed by atoms with van der Waals surface area (Å²) in [5.41, 5.74) is 2.51. The Morgan fingerprint density at radius 1 is 1.39 bits per heavy atom. The topological polar surface area (TPSA) is 37.8 Å². The second-order valence-electron chi connectivity index (χ2n) is 4.66. The van der Waals surface area contributed by atoms with Crippen LogP contribution in [0.4, 0.5) is 0 Å². The maximum Gasteiger partial charge on any atom is 0.169 e. The van der Waals surface area contributed by atoms with Gasteiger partial charge >= 0.3 is 0 Å². The first kappa shape index (κ1) is 11.8. The normalized spacial score (nSPS) is 19.3. The van der Waals surface area contributed by atoms with Crippen molar-refractivity contribution < 1.29 is 0 Å². The van der Waals surface area contributed by atoms with Gasteiger partial charge < -0.3 is 5.32 Å². The Kier molecular flexibility index (Phi) is 3.39. The van der Waals surface area contributed by atoms with E-state index in [4.69, 9.17) is 4.98 Å². The predicted molar refractivity (Wildman–Crippen MR) is 74.7 cm³/mol. The zero-order chi connectivity index (χ0) is 12.4. The Balaban J connectivity index is 2.01. The lowest BCUT2D eigenvalue weighted by Crippen LogP contribution is -2.17. The van der Waals surface area contributed by atoms with E-state index in [-0.39, 0.29) is 0 Å². The largest absolute Gasteiger partial charge is 0.313 e. The predicted octanol–water partition coefficient (Wildman–Crippen LogP) is 3.19. The van der Waals surface area contributed by atoms with E-state index in [2.05, 4.69) is 21.7 Å². The van der Waals surface area contributed by atoms with E-state index in [0.29, 0.717) is 6.04 Å². The molecule has 0 saturated carbocycles. The Labute approximate surface area is 111 Å². The van der Waals surface area contributed by atoms with Crippen LogP contribution in [0.1, 0.15) is 36.6 Å². The van der Waals surface area contributed by atoms with Crippen LogP contribution < -0.4 is 5.32 Å². The maximum absolute atomic E-state index is 4.77. The lowest BCUT2D eigenvalue weighted by Gasteiger charge is -2.15. The second kappa shape index (κ2) is 5.16. The van der Waals surface area contributed by atoms with Crippen LogP contribution in [0.15, 0.2) is 23.7 Å². The minimum Gasteiger partial charge on any atom is -0.313 e. The third-order valence-corrected chi connectivity index (χ3v) is 4.39. The van der Waals surface area contributed by atoms with E-state index >= 15 is 0 Å². The highest BCUT2D eigenvalue weighted by Gasteiger charge is 2.19. The van der Waals surface area contributed by atoms with Gasteiger partial charge in [-0.2, -0.15) is 0 Å². The first-order valence-corrected chi connectivity index (χ1v) is 7.33. The SMILES string of the molecule is CNC1CCCCc2nc(-c3cccs3)ncc21. The van der Waals surface area contributed by atoms with Crippen LogP contribution in [0.2, 0.25) is 0 Å². The van der Waals surface area contributed by atoms with Crippen molar-refractivity contribution in [3.05, 3.63) is 35.0 Å². The van der Waals surface area contributed by atoms with Gasteiger partial charge in [-0.3, -0.25) is 0 Å². The van der Waals surface area contributed by atoms with Crippen LogP contribution >= 0.6 is 11.3 Å². The number of hydrogen-bond donors (Lipinski definition) is 1. The summed E-state index contributed by atoms with van der Waals surface area (Å²) in [7, 11) is 2.02. The van der Waals surface area contributed by atoms with Gasteiger partial charge in [-0.25, -0.2) is 9.97 Å². The van der Waals surface area contributed by atoms with E-state index in [0.717, 1.165) is 17.1 Å². The van der Waals surface area contributed by atoms with Crippen LogP contribution in [0.3, 0.4) is 0 Å². The van der Waals surface area contributed by atoms with E-state index in [1.807, 2.05) is 19.3 Å². The number of aryl methyl sites for hydroxylation is 1. The van der Waals surface area contributed by atoms with Gasteiger partial charge in [0.1, 0.15) is 0 Å². The van der Waals surface area contributed by atoms with Crippen molar-refractivity contribution >= 4 is 11.3 Å². The quantitative estimate of drug-likeness (QED) is 0.842. The summed E-state index contributed by atoms with van der Waals surface area (Å²) in [5.74, 6) is 0.875. The first-order valence-electron chi connectivity index (χ1n) is 6.45. The molecule has 0 aliphatic heterocycles. The zero-order valence-corrected chi connectivity index (χ0v) is 11.3. The monoisotopic (exact) mass is 259 g/mol. The summed E-state index contributed by atoms with van der Waals surface area (Å²) >= 11 is 1.70. The summed E-state index contributed by atoms with van der Waals surface area (Å²) < 4.78 is 0. The van der Waals surface area contributed by atoms with Gasteiger partial charge in [-0.1, -0.05) is 12.5 Å². The molecule has 18 heavy (non-hydrogen) atoms. The Morgan fingerprint density at radius 2 is 2.33 bits per heavy atom. The molecular formula is C14H17N3S. The molecule has 1 N–H and O–H groups in total. The molecule has 0 spiro atoms. The molecule has 0 radical (unpaired) electrons. The van der Waals surface area contributed by atoms with E-state index in [1.54, 1.807) is 11.3 Å². The van der Waals surface area contributed by atoms with Gasteiger partial charge in [-0.15, -0.1) is 11.3 Å². The maximum atomic E-state index is 4.77. The summed E-state index contributed by atoms with van der Waals surface area (Å²) in [5, 5.41) is 5.45. The molecule has 0 bridgehead atoms. The molecule has 1 atom stereocenters. The highest BCUT2D eigenvalue weighted by molar-refractivity contribution is 7.13. The number of aromatic nitrogens is 2. The van der Waals surface area contributed by atoms with Gasteiger partial charge in [0, 0.05) is 23.5 Å². The molecule has 94 valence electrons. The highest BCUT2D eigenvalue weighted by Crippen LogP contribution is 2.29. The number of rotatable bonds is 2. The summed E-state index contributed by atoms with van der Waals surface area (Å²) in [6.07, 6.45) is 6.77. The second-order valence-corrected chi connectivity index (χ2v) is 5.61. The van der Waals surface area contributed by atoms with Crippen LogP contribution in [0, 0.1) is 0 Å². The molecular weight excluding hydrogens is 242 g/mol. The highest BCUT2D eigenvalue weighted by atomic mass is 32.1. The van der Waals surface area contributed by atoms with Gasteiger partial charge in [0.15, 0.2) is 5.82 Å². The fourth-order valence-corrected chi connectivity index (χ4v) is 3.20. The Bertz CT molecular complexity index is 522. The first-order chi connectivity index (χ1) is 8.88. The molecule has 0 amide bonds. The van der Waals surface area contributed by atoms with Crippen molar-refractivity contribution in [2.45, 2.75) is 31.7 Å². The average molecular weight is 259 g/mol. The third kappa shape index (κ3) is 2.18. The molecule has 0 aromatic carbocycles. The van der Waals surface area contributed by atoms with Crippen LogP contribution in [-0.4, -0.2) is 17.0 Å². The molecule has 2 aromatic heterocycles. The van der Waals surface area contributed by atoms with Gasteiger partial charge in [0.2, 0.25) is 0 Å². The zero-order valence-electron chi connectivity index (χ0n) is 10.5. The molecule has 4 heteroatoms. The van der Waals surface area contributed by atoms with Crippen molar-refractivity contribution in [2.75, 3.05) is 7.05 Å². The fraction of sp³-hybridized carbons (Fsp3) is 0.429. The van der Waals surface area contributed by atoms with Crippen LogP contribution in [0.5, 0.6) is 0 Å². The summed E-state index contributed by atoms with van der Waals surface area (Å²) in [6.45, 7) is 0. The van der Waals surface area contributed by atoms with Gasteiger partial charge in [0.25, 0.3) is 0 Å². The van der Waals surface area contributed by atoms with Crippen molar-refractivity contribution in [3.8, 4) is 10.7 Å². The molecule has 3 nitrogen and oxygen atoms in total. The average Bonchev–Trinajstić information content (AvgIpc) is 2.86. The lowest BCUT2D eigenvalue weighted by molar-refractivity contribution is 0.532. The number of fused-ring (bicyclic) bond motifs is 1. The number of thiophene rings is 1. The van der Waals surface area contributed by atoms with E-state index < -0.39 is 0 Å². The summed E-state index contributed by atoms with van der Waals surface area (Å²) in [4.78, 5) is 10.5. The minimum atomic E-state index is 0.417. The molecule has 0 saturated heterocycles. The number of nitrogens with one attached hydrogen (secondary N) is 1. The third-order valence-electron chi connectivity index (χ3n) is 3.52. The van der Waals surface area contributed by atoms with Crippen molar-refractivity contribution in [2.24, 2.45) is 0 Å². The molecule has 1 aliphatic carbocycles. The fourth-order valence-electron chi connectivity index (χ4n) is 2.54. The van der Waals surface area contributed by atoms with E-state index in [1.165, 1.54) is 30.5 Å². The molecule has 1 unspecified atom stereocenters. The number of hydrogen-bond acceptors (Lipinski definition) is 4. The minimum absolute atomic E-state index is 0.417. The summed E-state index contributed by atoms with van der Waals surface area (Å²) in [6, 6.07) is 4.55. The Hall–Kier alpha value is -1.26.